The second-order valence-corrected chi connectivity index (χ2v) is 10.4. The molecule has 2 aromatic rings. The van der Waals surface area contributed by atoms with Crippen LogP contribution in [0, 0.1) is 6.92 Å². The van der Waals surface area contributed by atoms with Crippen molar-refractivity contribution in [2.45, 2.75) is 63.3 Å². The van der Waals surface area contributed by atoms with E-state index in [-0.39, 0.29) is 16.8 Å². The summed E-state index contributed by atoms with van der Waals surface area (Å²) in [6.07, 6.45) is 4.55. The molecule has 0 spiro atoms. The van der Waals surface area contributed by atoms with Gasteiger partial charge >= 0.3 is 0 Å². The highest BCUT2D eigenvalue weighted by Gasteiger charge is 2.32. The Labute approximate surface area is 196 Å². The quantitative estimate of drug-likeness (QED) is 0.489. The smallest absolute Gasteiger partial charge is 0.243 e. The van der Waals surface area contributed by atoms with Crippen LogP contribution in [0.5, 0.6) is 5.75 Å². The van der Waals surface area contributed by atoms with Crippen LogP contribution in [0.1, 0.15) is 51.0 Å². The lowest BCUT2D eigenvalue weighted by molar-refractivity contribution is -0.116. The van der Waals surface area contributed by atoms with Gasteiger partial charge in [0.15, 0.2) is 0 Å². The molecule has 3 rings (SSSR count). The first-order valence-electron chi connectivity index (χ1n) is 11.1. The van der Waals surface area contributed by atoms with Gasteiger partial charge in [0.05, 0.1) is 11.5 Å². The average Bonchev–Trinajstić information content (AvgIpc) is 2.78. The number of aryl methyl sites for hydroxylation is 1. The second-order valence-electron chi connectivity index (χ2n) is 8.11. The van der Waals surface area contributed by atoms with Crippen LogP contribution in [0.25, 0.3) is 0 Å². The van der Waals surface area contributed by atoms with Crippen molar-refractivity contribution in [3.8, 4) is 5.75 Å². The zero-order valence-corrected chi connectivity index (χ0v) is 20.2. The molecule has 6 nitrogen and oxygen atoms in total. The molecule has 0 saturated carbocycles. The maximum absolute atomic E-state index is 13.0. The third-order valence-corrected chi connectivity index (χ3v) is 7.93. The zero-order valence-electron chi connectivity index (χ0n) is 18.6. The van der Waals surface area contributed by atoms with Crippen molar-refractivity contribution >= 4 is 33.2 Å². The van der Waals surface area contributed by atoms with Crippen molar-refractivity contribution < 1.29 is 17.9 Å². The lowest BCUT2D eigenvalue weighted by Gasteiger charge is -2.34. The summed E-state index contributed by atoms with van der Waals surface area (Å²) in [7, 11) is -3.52. The molecule has 0 bridgehead atoms. The number of ether oxygens (including phenoxy) is 1. The number of amides is 1. The van der Waals surface area contributed by atoms with Crippen molar-refractivity contribution in [1.29, 1.82) is 0 Å². The van der Waals surface area contributed by atoms with E-state index in [1.165, 1.54) is 0 Å². The topological polar surface area (TPSA) is 75.7 Å². The molecule has 1 unspecified atom stereocenters. The number of nitrogens with zero attached hydrogens (tertiary/aromatic N) is 1. The van der Waals surface area contributed by atoms with Gasteiger partial charge in [-0.25, -0.2) is 8.42 Å². The molecule has 1 atom stereocenters. The third kappa shape index (κ3) is 6.24. The Morgan fingerprint density at radius 1 is 1.19 bits per heavy atom. The lowest BCUT2D eigenvalue weighted by atomic mass is 10.0. The number of hydrogen-bond donors (Lipinski definition) is 1. The highest BCUT2D eigenvalue weighted by molar-refractivity contribution is 7.89. The predicted molar refractivity (Wildman–Crippen MR) is 128 cm³/mol. The molecule has 8 heteroatoms. The van der Waals surface area contributed by atoms with Crippen molar-refractivity contribution in [1.82, 2.24) is 4.31 Å². The number of piperidine rings is 1. The van der Waals surface area contributed by atoms with Gasteiger partial charge in [-0.2, -0.15) is 4.31 Å². The van der Waals surface area contributed by atoms with Crippen LogP contribution in [0.3, 0.4) is 0 Å². The van der Waals surface area contributed by atoms with E-state index in [0.29, 0.717) is 36.7 Å². The molecule has 1 saturated heterocycles. The van der Waals surface area contributed by atoms with Gasteiger partial charge in [-0.3, -0.25) is 4.79 Å². The number of sulfonamides is 1. The monoisotopic (exact) mass is 478 g/mol. The summed E-state index contributed by atoms with van der Waals surface area (Å²) in [5, 5.41) is 3.48. The van der Waals surface area contributed by atoms with E-state index in [1.54, 1.807) is 34.6 Å². The van der Waals surface area contributed by atoms with Crippen LogP contribution in [0.15, 0.2) is 47.4 Å². The highest BCUT2D eigenvalue weighted by Crippen LogP contribution is 2.27. The maximum Gasteiger partial charge on any atom is 0.243 e. The van der Waals surface area contributed by atoms with E-state index < -0.39 is 10.0 Å². The van der Waals surface area contributed by atoms with Crippen LogP contribution in [0.4, 0.5) is 5.69 Å². The van der Waals surface area contributed by atoms with Crippen molar-refractivity contribution in [2.75, 3.05) is 18.5 Å². The highest BCUT2D eigenvalue weighted by atomic mass is 35.5. The van der Waals surface area contributed by atoms with E-state index in [1.807, 2.05) is 26.0 Å². The summed E-state index contributed by atoms with van der Waals surface area (Å²) in [5.41, 5.74) is 1.53. The number of halogens is 1. The Bertz CT molecular complexity index is 1020. The van der Waals surface area contributed by atoms with Crippen LogP contribution >= 0.6 is 11.6 Å². The normalized spacial score (nSPS) is 17.2. The molecule has 0 aromatic heterocycles. The summed E-state index contributed by atoms with van der Waals surface area (Å²) >= 11 is 5.94. The van der Waals surface area contributed by atoms with Gasteiger partial charge in [-0.15, -0.1) is 0 Å². The van der Waals surface area contributed by atoms with Crippen LogP contribution in [-0.4, -0.2) is 37.8 Å². The first kappa shape index (κ1) is 24.6. The fourth-order valence-electron chi connectivity index (χ4n) is 3.96. The number of anilines is 1. The Kier molecular flexibility index (Phi) is 8.57. The Hall–Kier alpha value is -2.09. The minimum atomic E-state index is -3.52. The SMILES string of the molecule is CCC1CCCCN1S(=O)(=O)c1ccc(NC(=O)CCCOc2ccc(Cl)cc2C)cc1. The number of rotatable bonds is 9. The second kappa shape index (κ2) is 11.2. The van der Waals surface area contributed by atoms with Gasteiger partial charge < -0.3 is 10.1 Å². The molecule has 1 aliphatic rings. The summed E-state index contributed by atoms with van der Waals surface area (Å²) in [4.78, 5) is 12.5. The molecule has 174 valence electrons. The van der Waals surface area contributed by atoms with Gasteiger partial charge in [-0.1, -0.05) is 24.9 Å². The largest absolute Gasteiger partial charge is 0.493 e. The van der Waals surface area contributed by atoms with Crippen molar-refractivity contribution in [2.24, 2.45) is 0 Å². The Balaban J connectivity index is 1.50. The number of carbonyl (C=O) groups is 1. The summed E-state index contributed by atoms with van der Waals surface area (Å²) < 4.78 is 33.4. The van der Waals surface area contributed by atoms with Crippen molar-refractivity contribution in [3.05, 3.63) is 53.1 Å². The molecular formula is C24H31ClN2O4S. The van der Waals surface area contributed by atoms with E-state index in [4.69, 9.17) is 16.3 Å². The van der Waals surface area contributed by atoms with Gasteiger partial charge in [0, 0.05) is 29.7 Å². The van der Waals surface area contributed by atoms with E-state index in [2.05, 4.69) is 5.32 Å². The fraction of sp³-hybridized carbons (Fsp3) is 0.458. The van der Waals surface area contributed by atoms with Gasteiger partial charge in [0.2, 0.25) is 15.9 Å². The van der Waals surface area contributed by atoms with Gasteiger partial charge in [-0.05, 0) is 80.6 Å². The van der Waals surface area contributed by atoms with Crippen LogP contribution in [0.2, 0.25) is 5.02 Å². The first-order valence-corrected chi connectivity index (χ1v) is 12.9. The summed E-state index contributed by atoms with van der Waals surface area (Å²) in [5.74, 6) is 0.615. The minimum Gasteiger partial charge on any atom is -0.493 e. The molecule has 2 aromatic carbocycles. The minimum absolute atomic E-state index is 0.0620. The Morgan fingerprint density at radius 2 is 1.94 bits per heavy atom. The molecule has 0 radical (unpaired) electrons. The van der Waals surface area contributed by atoms with E-state index in [0.717, 1.165) is 37.0 Å². The maximum atomic E-state index is 13.0. The standard InChI is InChI=1S/C24H31ClN2O4S/c1-3-21-7-4-5-15-27(21)32(29,30)22-12-10-20(11-13-22)26-24(28)8-6-16-31-23-14-9-19(25)17-18(23)2/h9-14,17,21H,3-8,15-16H2,1-2H3,(H,26,28). The van der Waals surface area contributed by atoms with E-state index in [9.17, 15) is 13.2 Å². The fourth-order valence-corrected chi connectivity index (χ4v) is 5.95. The van der Waals surface area contributed by atoms with Gasteiger partial charge in [0.25, 0.3) is 0 Å². The number of nitrogens with one attached hydrogen (secondary N) is 1. The van der Waals surface area contributed by atoms with Gasteiger partial charge in [0.1, 0.15) is 5.75 Å². The first-order chi connectivity index (χ1) is 15.3. The molecule has 32 heavy (non-hydrogen) atoms. The lowest BCUT2D eigenvalue weighted by Crippen LogP contribution is -2.43. The Morgan fingerprint density at radius 3 is 2.62 bits per heavy atom. The average molecular weight is 479 g/mol. The molecule has 0 aliphatic carbocycles. The number of benzene rings is 2. The third-order valence-electron chi connectivity index (χ3n) is 5.73. The molecule has 1 N–H and O–H groups in total. The predicted octanol–water partition coefficient (Wildman–Crippen LogP) is 5.40. The molecule has 1 amide bonds. The molecule has 1 fully saturated rings. The summed E-state index contributed by atoms with van der Waals surface area (Å²) in [6.45, 7) is 4.93. The van der Waals surface area contributed by atoms with Crippen LogP contribution < -0.4 is 10.1 Å². The zero-order chi connectivity index (χ0) is 23.1. The van der Waals surface area contributed by atoms with E-state index >= 15 is 0 Å². The van der Waals surface area contributed by atoms with Crippen molar-refractivity contribution in [3.63, 3.8) is 0 Å². The molecule has 1 heterocycles. The molecule has 1 aliphatic heterocycles. The van der Waals surface area contributed by atoms with Crippen LogP contribution in [-0.2, 0) is 14.8 Å². The molecular weight excluding hydrogens is 448 g/mol. The summed E-state index contributed by atoms with van der Waals surface area (Å²) in [6, 6.07) is 11.9. The number of hydrogen-bond acceptors (Lipinski definition) is 4. The number of carbonyl (C=O) groups excluding carboxylic acids is 1.